The molecule has 0 saturated heterocycles. The number of rotatable bonds is 4. The van der Waals surface area contributed by atoms with Crippen LogP contribution in [0.5, 0.6) is 0 Å². The molecule has 2 aliphatic carbocycles. The van der Waals surface area contributed by atoms with Crippen molar-refractivity contribution in [2.24, 2.45) is 11.7 Å². The smallest absolute Gasteiger partial charge is 0.255 e. The Bertz CT molecular complexity index is 640. The van der Waals surface area contributed by atoms with Crippen molar-refractivity contribution in [1.82, 2.24) is 4.90 Å². The average Bonchev–Trinajstić information content (AvgIpc) is 2.68. The van der Waals surface area contributed by atoms with Crippen molar-refractivity contribution >= 4 is 17.5 Å². The van der Waals surface area contributed by atoms with E-state index in [1.165, 1.54) is 19.3 Å². The zero-order valence-corrected chi connectivity index (χ0v) is 15.7. The molecular formula is C21H31N3O2. The van der Waals surface area contributed by atoms with E-state index in [-0.39, 0.29) is 23.8 Å². The molecule has 2 atom stereocenters. The molecule has 1 aromatic carbocycles. The summed E-state index contributed by atoms with van der Waals surface area (Å²) < 4.78 is 0. The quantitative estimate of drug-likeness (QED) is 0.865. The van der Waals surface area contributed by atoms with Crippen molar-refractivity contribution in [2.45, 2.75) is 69.9 Å². The molecule has 0 radical (unpaired) electrons. The number of carbonyl (C=O) groups is 2. The second-order valence-corrected chi connectivity index (χ2v) is 7.87. The first-order chi connectivity index (χ1) is 12.6. The molecule has 142 valence electrons. The Kier molecular flexibility index (Phi) is 6.30. The Morgan fingerprint density at radius 3 is 2.50 bits per heavy atom. The molecule has 2 unspecified atom stereocenters. The zero-order chi connectivity index (χ0) is 18.5. The van der Waals surface area contributed by atoms with Gasteiger partial charge in [0, 0.05) is 25.0 Å². The van der Waals surface area contributed by atoms with Crippen LogP contribution in [-0.4, -0.2) is 35.8 Å². The highest BCUT2D eigenvalue weighted by molar-refractivity contribution is 6.04. The maximum absolute atomic E-state index is 13.0. The second-order valence-electron chi connectivity index (χ2n) is 7.87. The summed E-state index contributed by atoms with van der Waals surface area (Å²) in [7, 11) is 1.89. The molecule has 2 fully saturated rings. The first kappa shape index (κ1) is 18.9. The number of nitrogens with two attached hydrogens (primary N) is 1. The van der Waals surface area contributed by atoms with E-state index in [2.05, 4.69) is 5.32 Å². The lowest BCUT2D eigenvalue weighted by atomic mass is 9.85. The number of hydrogen-bond donors (Lipinski definition) is 2. The third-order valence-corrected chi connectivity index (χ3v) is 5.94. The highest BCUT2D eigenvalue weighted by atomic mass is 16.2. The van der Waals surface area contributed by atoms with Crippen molar-refractivity contribution < 1.29 is 9.59 Å². The molecule has 5 nitrogen and oxygen atoms in total. The minimum absolute atomic E-state index is 0.00635. The van der Waals surface area contributed by atoms with Gasteiger partial charge in [0.15, 0.2) is 0 Å². The van der Waals surface area contributed by atoms with Gasteiger partial charge in [-0.25, -0.2) is 0 Å². The van der Waals surface area contributed by atoms with Crippen molar-refractivity contribution in [3.8, 4) is 0 Å². The van der Waals surface area contributed by atoms with Gasteiger partial charge in [0.2, 0.25) is 5.91 Å². The Morgan fingerprint density at radius 1 is 1.04 bits per heavy atom. The Morgan fingerprint density at radius 2 is 1.77 bits per heavy atom. The number of nitrogens with one attached hydrogen (secondary N) is 1. The SMILES string of the molecule is CN(C(=O)c1ccccc1NC(=O)C1CCCC(N)C1)C1CCCCC1. The molecule has 3 N–H and O–H groups in total. The van der Waals surface area contributed by atoms with Crippen LogP contribution in [-0.2, 0) is 4.79 Å². The maximum atomic E-state index is 13.0. The van der Waals surface area contributed by atoms with E-state index >= 15 is 0 Å². The van der Waals surface area contributed by atoms with Crippen molar-refractivity contribution in [2.75, 3.05) is 12.4 Å². The van der Waals surface area contributed by atoms with Crippen LogP contribution in [0.25, 0.3) is 0 Å². The van der Waals surface area contributed by atoms with Crippen LogP contribution in [0.4, 0.5) is 5.69 Å². The van der Waals surface area contributed by atoms with Crippen molar-refractivity contribution in [3.63, 3.8) is 0 Å². The van der Waals surface area contributed by atoms with Crippen LogP contribution in [0, 0.1) is 5.92 Å². The van der Waals surface area contributed by atoms with Gasteiger partial charge < -0.3 is 16.0 Å². The number of hydrogen-bond acceptors (Lipinski definition) is 3. The molecule has 2 amide bonds. The summed E-state index contributed by atoms with van der Waals surface area (Å²) in [5, 5.41) is 3.00. The predicted octanol–water partition coefficient (Wildman–Crippen LogP) is 3.55. The summed E-state index contributed by atoms with van der Waals surface area (Å²) in [5.41, 5.74) is 7.21. The zero-order valence-electron chi connectivity index (χ0n) is 15.7. The fourth-order valence-electron chi connectivity index (χ4n) is 4.30. The first-order valence-corrected chi connectivity index (χ1v) is 9.99. The molecule has 2 aliphatic rings. The van der Waals surface area contributed by atoms with Gasteiger partial charge in [-0.2, -0.15) is 0 Å². The van der Waals surface area contributed by atoms with Crippen LogP contribution in [0.2, 0.25) is 0 Å². The summed E-state index contributed by atoms with van der Waals surface area (Å²) in [6.07, 6.45) is 9.34. The van der Waals surface area contributed by atoms with Crippen LogP contribution in [0.15, 0.2) is 24.3 Å². The lowest BCUT2D eigenvalue weighted by Crippen LogP contribution is -2.39. The minimum atomic E-state index is -0.0574. The van der Waals surface area contributed by atoms with Crippen molar-refractivity contribution in [1.29, 1.82) is 0 Å². The number of carbonyl (C=O) groups excluding carboxylic acids is 2. The number of benzene rings is 1. The molecule has 0 bridgehead atoms. The van der Waals surface area contributed by atoms with E-state index in [4.69, 9.17) is 5.73 Å². The van der Waals surface area contributed by atoms with Crippen molar-refractivity contribution in [3.05, 3.63) is 29.8 Å². The van der Waals surface area contributed by atoms with Crippen LogP contribution >= 0.6 is 0 Å². The minimum Gasteiger partial charge on any atom is -0.339 e. The molecule has 5 heteroatoms. The molecular weight excluding hydrogens is 326 g/mol. The third-order valence-electron chi connectivity index (χ3n) is 5.94. The summed E-state index contributed by atoms with van der Waals surface area (Å²) in [6, 6.07) is 7.75. The van der Waals surface area contributed by atoms with Gasteiger partial charge in [-0.05, 0) is 44.2 Å². The van der Waals surface area contributed by atoms with E-state index in [1.807, 2.05) is 36.2 Å². The molecule has 0 aliphatic heterocycles. The molecule has 0 spiro atoms. The van der Waals surface area contributed by atoms with E-state index in [9.17, 15) is 9.59 Å². The van der Waals surface area contributed by atoms with Gasteiger partial charge in [0.25, 0.3) is 5.91 Å². The topological polar surface area (TPSA) is 75.4 Å². The maximum Gasteiger partial charge on any atom is 0.255 e. The van der Waals surface area contributed by atoms with Crippen LogP contribution in [0.1, 0.15) is 68.1 Å². The Hall–Kier alpha value is -1.88. The Balaban J connectivity index is 1.71. The van der Waals surface area contributed by atoms with E-state index in [1.54, 1.807) is 0 Å². The highest BCUT2D eigenvalue weighted by Gasteiger charge is 2.28. The molecule has 2 saturated carbocycles. The molecule has 1 aromatic rings. The van der Waals surface area contributed by atoms with Gasteiger partial charge in [0.1, 0.15) is 0 Å². The highest BCUT2D eigenvalue weighted by Crippen LogP contribution is 2.27. The van der Waals surface area contributed by atoms with E-state index in [0.29, 0.717) is 17.3 Å². The Labute approximate surface area is 156 Å². The lowest BCUT2D eigenvalue weighted by Gasteiger charge is -2.32. The first-order valence-electron chi connectivity index (χ1n) is 9.99. The molecule has 0 aromatic heterocycles. The molecule has 0 heterocycles. The van der Waals surface area contributed by atoms with E-state index < -0.39 is 0 Å². The van der Waals surface area contributed by atoms with Gasteiger partial charge in [0.05, 0.1) is 11.3 Å². The summed E-state index contributed by atoms with van der Waals surface area (Å²) in [5.74, 6) is -0.0770. The predicted molar refractivity (Wildman–Crippen MR) is 104 cm³/mol. The summed E-state index contributed by atoms with van der Waals surface area (Å²) in [4.78, 5) is 27.6. The normalized spacial score (nSPS) is 24.1. The van der Waals surface area contributed by atoms with Gasteiger partial charge in [-0.1, -0.05) is 37.8 Å². The fourth-order valence-corrected chi connectivity index (χ4v) is 4.30. The number of amides is 2. The lowest BCUT2D eigenvalue weighted by molar-refractivity contribution is -0.120. The monoisotopic (exact) mass is 357 g/mol. The number of anilines is 1. The van der Waals surface area contributed by atoms with Crippen LogP contribution in [0.3, 0.4) is 0 Å². The average molecular weight is 357 g/mol. The standard InChI is InChI=1S/C21H31N3O2/c1-24(17-10-3-2-4-11-17)21(26)18-12-5-6-13-19(18)23-20(25)15-8-7-9-16(22)14-15/h5-6,12-13,15-17H,2-4,7-11,14,22H2,1H3,(H,23,25). The summed E-state index contributed by atoms with van der Waals surface area (Å²) >= 11 is 0. The van der Waals surface area contributed by atoms with Gasteiger partial charge in [-0.15, -0.1) is 0 Å². The third kappa shape index (κ3) is 4.44. The number of para-hydroxylation sites is 1. The fraction of sp³-hybridized carbons (Fsp3) is 0.619. The van der Waals surface area contributed by atoms with E-state index in [0.717, 1.165) is 38.5 Å². The van der Waals surface area contributed by atoms with Crippen LogP contribution < -0.4 is 11.1 Å². The second kappa shape index (κ2) is 8.67. The molecule has 26 heavy (non-hydrogen) atoms. The largest absolute Gasteiger partial charge is 0.339 e. The molecule has 3 rings (SSSR count). The summed E-state index contributed by atoms with van der Waals surface area (Å²) in [6.45, 7) is 0. The van der Waals surface area contributed by atoms with Gasteiger partial charge >= 0.3 is 0 Å². The van der Waals surface area contributed by atoms with Gasteiger partial charge in [-0.3, -0.25) is 9.59 Å². The number of nitrogens with zero attached hydrogens (tertiary/aromatic N) is 1.